The molecule has 114 valence electrons. The van der Waals surface area contributed by atoms with Crippen molar-refractivity contribution in [2.24, 2.45) is 11.3 Å². The molecule has 0 bridgehead atoms. The van der Waals surface area contributed by atoms with E-state index in [1.165, 1.54) is 13.0 Å². The van der Waals surface area contributed by atoms with Crippen LogP contribution in [-0.4, -0.2) is 24.4 Å². The second-order valence-corrected chi connectivity index (χ2v) is 6.60. The zero-order valence-electron chi connectivity index (χ0n) is 11.9. The maximum atomic E-state index is 13.2. The topological polar surface area (TPSA) is 20.3 Å². The van der Waals surface area contributed by atoms with Gasteiger partial charge in [-0.3, -0.25) is 4.79 Å². The highest BCUT2D eigenvalue weighted by Gasteiger charge is 2.52. The molecule has 0 atom stereocenters. The van der Waals surface area contributed by atoms with Gasteiger partial charge in [0.05, 0.1) is 5.56 Å². The van der Waals surface area contributed by atoms with Crippen LogP contribution in [-0.2, 0) is 17.4 Å². The summed E-state index contributed by atoms with van der Waals surface area (Å²) in [7, 11) is 0. The van der Waals surface area contributed by atoms with Crippen LogP contribution in [0.2, 0.25) is 0 Å². The largest absolute Gasteiger partial charge is 0.416 e. The lowest BCUT2D eigenvalue weighted by atomic mass is 9.56. The Morgan fingerprint density at radius 1 is 1.33 bits per heavy atom. The number of hydrogen-bond acceptors (Lipinski definition) is 1. The minimum absolute atomic E-state index is 0.202. The Hall–Kier alpha value is -1.52. The fraction of sp³-hybridized carbons (Fsp3) is 0.562. The Bertz CT molecular complexity index is 553. The van der Waals surface area contributed by atoms with E-state index in [9.17, 15) is 18.0 Å². The molecule has 21 heavy (non-hydrogen) atoms. The monoisotopic (exact) mass is 297 g/mol. The maximum Gasteiger partial charge on any atom is 0.416 e. The Morgan fingerprint density at radius 2 is 2.00 bits per heavy atom. The smallest absolute Gasteiger partial charge is 0.344 e. The second kappa shape index (κ2) is 4.75. The number of carbonyl (C=O) groups is 1. The van der Waals surface area contributed by atoms with Gasteiger partial charge in [0.1, 0.15) is 0 Å². The van der Waals surface area contributed by atoms with Crippen LogP contribution >= 0.6 is 0 Å². The molecule has 1 saturated heterocycles. The summed E-state index contributed by atoms with van der Waals surface area (Å²) in [6.45, 7) is 3.06. The Kier molecular flexibility index (Phi) is 3.26. The summed E-state index contributed by atoms with van der Waals surface area (Å²) < 4.78 is 39.5. The molecule has 0 radical (unpaired) electrons. The van der Waals surface area contributed by atoms with Crippen molar-refractivity contribution in [2.45, 2.75) is 32.4 Å². The molecule has 1 heterocycles. The van der Waals surface area contributed by atoms with Crippen molar-refractivity contribution in [3.63, 3.8) is 0 Å². The van der Waals surface area contributed by atoms with Crippen molar-refractivity contribution in [3.05, 3.63) is 34.9 Å². The van der Waals surface area contributed by atoms with E-state index in [1.807, 2.05) is 0 Å². The number of alkyl halides is 3. The fourth-order valence-corrected chi connectivity index (χ4v) is 4.07. The van der Waals surface area contributed by atoms with E-state index in [-0.39, 0.29) is 5.41 Å². The highest BCUT2D eigenvalue weighted by Crippen LogP contribution is 2.53. The number of nitrogens with zero attached hydrogens (tertiary/aromatic N) is 1. The van der Waals surface area contributed by atoms with Crippen LogP contribution in [0, 0.1) is 18.3 Å². The minimum Gasteiger partial charge on any atom is -0.344 e. The predicted octanol–water partition coefficient (Wildman–Crippen LogP) is 3.42. The molecule has 1 aromatic carbocycles. The third-order valence-corrected chi connectivity index (χ3v) is 4.82. The van der Waals surface area contributed by atoms with Gasteiger partial charge in [-0.1, -0.05) is 18.2 Å². The lowest BCUT2D eigenvalue weighted by Crippen LogP contribution is -2.61. The summed E-state index contributed by atoms with van der Waals surface area (Å²) in [6, 6.07) is 4.81. The molecule has 0 aromatic heterocycles. The van der Waals surface area contributed by atoms with E-state index in [1.54, 1.807) is 17.0 Å². The van der Waals surface area contributed by atoms with Crippen LogP contribution in [0.25, 0.3) is 0 Å². The van der Waals surface area contributed by atoms with Crippen molar-refractivity contribution in [1.82, 2.24) is 4.90 Å². The summed E-state index contributed by atoms with van der Waals surface area (Å²) in [5.74, 6) is 0.307. The maximum absolute atomic E-state index is 13.2. The van der Waals surface area contributed by atoms with Gasteiger partial charge in [0.2, 0.25) is 6.41 Å². The molecule has 1 aromatic rings. The first-order chi connectivity index (χ1) is 9.83. The number of amides is 1. The fourth-order valence-electron chi connectivity index (χ4n) is 4.07. The lowest BCUT2D eigenvalue weighted by molar-refractivity contribution is -0.143. The quantitative estimate of drug-likeness (QED) is 0.783. The van der Waals surface area contributed by atoms with Crippen molar-refractivity contribution >= 4 is 6.41 Å². The van der Waals surface area contributed by atoms with E-state index in [4.69, 9.17) is 0 Å². The van der Waals surface area contributed by atoms with Crippen LogP contribution in [0.5, 0.6) is 0 Å². The molecule has 0 unspecified atom stereocenters. The van der Waals surface area contributed by atoms with Gasteiger partial charge < -0.3 is 4.90 Å². The molecular formula is C16H18F3NO. The van der Waals surface area contributed by atoms with Crippen LogP contribution in [0.15, 0.2) is 18.2 Å². The standard InChI is InChI=1S/C16H18F3NO/c1-11-3-2-4-13(14(11)16(17,18)19)5-12-6-15(7-12)8-20(9-15)10-21/h2-4,10,12H,5-9H2,1H3. The van der Waals surface area contributed by atoms with Crippen LogP contribution < -0.4 is 0 Å². The summed E-state index contributed by atoms with van der Waals surface area (Å²) in [5.41, 5.74) is 0.446. The van der Waals surface area contributed by atoms with Crippen LogP contribution in [0.4, 0.5) is 13.2 Å². The van der Waals surface area contributed by atoms with E-state index >= 15 is 0 Å². The molecule has 2 aliphatic rings. The van der Waals surface area contributed by atoms with Gasteiger partial charge in [0, 0.05) is 18.5 Å². The Morgan fingerprint density at radius 3 is 2.57 bits per heavy atom. The number of halogens is 3. The summed E-state index contributed by atoms with van der Waals surface area (Å²) in [4.78, 5) is 12.3. The average molecular weight is 297 g/mol. The van der Waals surface area contributed by atoms with Crippen molar-refractivity contribution in [1.29, 1.82) is 0 Å². The first kappa shape index (κ1) is 14.4. The van der Waals surface area contributed by atoms with Crippen molar-refractivity contribution < 1.29 is 18.0 Å². The molecule has 5 heteroatoms. The molecule has 2 nitrogen and oxygen atoms in total. The van der Waals surface area contributed by atoms with E-state index in [0.29, 0.717) is 23.5 Å². The summed E-state index contributed by atoms with van der Waals surface area (Å²) in [6.07, 6.45) is -1.09. The van der Waals surface area contributed by atoms with E-state index < -0.39 is 11.7 Å². The third-order valence-electron chi connectivity index (χ3n) is 4.82. The van der Waals surface area contributed by atoms with Gasteiger partial charge >= 0.3 is 6.18 Å². The molecular weight excluding hydrogens is 279 g/mol. The number of carbonyl (C=O) groups excluding carboxylic acids is 1. The molecule has 1 aliphatic heterocycles. The first-order valence-electron chi connectivity index (χ1n) is 7.18. The molecule has 1 spiro atoms. The first-order valence-corrected chi connectivity index (χ1v) is 7.18. The Balaban J connectivity index is 1.68. The minimum atomic E-state index is -4.28. The summed E-state index contributed by atoms with van der Waals surface area (Å²) in [5, 5.41) is 0. The normalized spacial score (nSPS) is 21.0. The molecule has 0 N–H and O–H groups in total. The van der Waals surface area contributed by atoms with Crippen molar-refractivity contribution in [2.75, 3.05) is 13.1 Å². The Labute approximate surface area is 121 Å². The zero-order chi connectivity index (χ0) is 15.3. The van der Waals surface area contributed by atoms with Gasteiger partial charge in [-0.25, -0.2) is 0 Å². The van der Waals surface area contributed by atoms with Gasteiger partial charge in [0.15, 0.2) is 0 Å². The molecule has 1 amide bonds. The lowest BCUT2D eigenvalue weighted by Gasteiger charge is -2.58. The number of likely N-dealkylation sites (tertiary alicyclic amines) is 1. The zero-order valence-corrected chi connectivity index (χ0v) is 11.9. The number of benzene rings is 1. The molecule has 1 aliphatic carbocycles. The average Bonchev–Trinajstić information content (AvgIpc) is 2.28. The molecule has 2 fully saturated rings. The van der Waals surface area contributed by atoms with Crippen molar-refractivity contribution in [3.8, 4) is 0 Å². The number of rotatable bonds is 3. The van der Waals surface area contributed by atoms with Gasteiger partial charge in [-0.05, 0) is 43.2 Å². The second-order valence-electron chi connectivity index (χ2n) is 6.60. The SMILES string of the molecule is Cc1cccc(CC2CC3(C2)CN(C=O)C3)c1C(F)(F)F. The van der Waals surface area contributed by atoms with Crippen LogP contribution in [0.1, 0.15) is 29.5 Å². The van der Waals surface area contributed by atoms with Gasteiger partial charge in [0.25, 0.3) is 0 Å². The number of aryl methyl sites for hydroxylation is 1. The molecule has 3 rings (SSSR count). The predicted molar refractivity (Wildman–Crippen MR) is 72.7 cm³/mol. The van der Waals surface area contributed by atoms with E-state index in [2.05, 4.69) is 0 Å². The van der Waals surface area contributed by atoms with E-state index in [0.717, 1.165) is 32.3 Å². The highest BCUT2D eigenvalue weighted by atomic mass is 19.4. The van der Waals surface area contributed by atoms with Gasteiger partial charge in [-0.15, -0.1) is 0 Å². The number of hydrogen-bond donors (Lipinski definition) is 0. The van der Waals surface area contributed by atoms with Crippen LogP contribution in [0.3, 0.4) is 0 Å². The molecule has 1 saturated carbocycles. The van der Waals surface area contributed by atoms with Gasteiger partial charge in [-0.2, -0.15) is 13.2 Å². The highest BCUT2D eigenvalue weighted by molar-refractivity contribution is 5.49. The summed E-state index contributed by atoms with van der Waals surface area (Å²) >= 11 is 0. The third kappa shape index (κ3) is 2.54.